The van der Waals surface area contributed by atoms with Gasteiger partial charge in [-0.15, -0.1) is 11.3 Å². The molecule has 1 saturated heterocycles. The summed E-state index contributed by atoms with van der Waals surface area (Å²) in [5.41, 5.74) is 0.708. The fourth-order valence-electron chi connectivity index (χ4n) is 2.01. The van der Waals surface area contributed by atoms with Crippen molar-refractivity contribution in [2.75, 3.05) is 0 Å². The average molecular weight is 292 g/mol. The summed E-state index contributed by atoms with van der Waals surface area (Å²) < 4.78 is 13.3. The molecular formula is C14H17BO2S2. The first-order chi connectivity index (χ1) is 8.89. The van der Waals surface area contributed by atoms with Gasteiger partial charge in [0.1, 0.15) is 0 Å². The first kappa shape index (κ1) is 13.4. The summed E-state index contributed by atoms with van der Waals surface area (Å²) in [5, 5.41) is 4.27. The molecule has 0 aliphatic carbocycles. The van der Waals surface area contributed by atoms with Crippen LogP contribution in [0.2, 0.25) is 0 Å². The summed E-state index contributed by atoms with van der Waals surface area (Å²) in [7, 11) is -0.247. The second-order valence-corrected chi connectivity index (χ2v) is 7.69. The minimum Gasteiger partial charge on any atom is -0.399 e. The van der Waals surface area contributed by atoms with Gasteiger partial charge in [0.15, 0.2) is 0 Å². The van der Waals surface area contributed by atoms with Crippen LogP contribution in [0.5, 0.6) is 0 Å². The van der Waals surface area contributed by atoms with E-state index in [1.807, 2.05) is 0 Å². The first-order valence-corrected chi connectivity index (χ1v) is 8.13. The van der Waals surface area contributed by atoms with E-state index in [1.165, 1.54) is 10.4 Å². The molecule has 5 heteroatoms. The fourth-order valence-corrected chi connectivity index (χ4v) is 3.66. The van der Waals surface area contributed by atoms with Gasteiger partial charge in [0.05, 0.1) is 11.2 Å². The van der Waals surface area contributed by atoms with E-state index in [9.17, 15) is 0 Å². The van der Waals surface area contributed by atoms with E-state index in [0.29, 0.717) is 0 Å². The smallest absolute Gasteiger partial charge is 0.399 e. The van der Waals surface area contributed by atoms with Gasteiger partial charge >= 0.3 is 7.12 Å². The van der Waals surface area contributed by atoms with Crippen LogP contribution >= 0.6 is 22.7 Å². The van der Waals surface area contributed by atoms with Crippen molar-refractivity contribution in [3.63, 3.8) is 0 Å². The highest BCUT2D eigenvalue weighted by molar-refractivity contribution is 7.21. The van der Waals surface area contributed by atoms with Crippen molar-refractivity contribution in [3.8, 4) is 10.4 Å². The Balaban J connectivity index is 1.85. The summed E-state index contributed by atoms with van der Waals surface area (Å²) >= 11 is 3.46. The quantitative estimate of drug-likeness (QED) is 0.784. The van der Waals surface area contributed by atoms with E-state index in [0.717, 1.165) is 4.78 Å². The topological polar surface area (TPSA) is 18.5 Å². The van der Waals surface area contributed by atoms with Crippen LogP contribution in [-0.4, -0.2) is 18.3 Å². The molecule has 0 saturated carbocycles. The van der Waals surface area contributed by atoms with Gasteiger partial charge in [0.2, 0.25) is 0 Å². The standard InChI is InChI=1S/C14H17BO2S2/c1-13(2)14(3,4)17-15(16-13)12-8-10(9-19-12)11-6-5-7-18-11/h5-9H,1-4H3. The second kappa shape index (κ2) is 4.45. The Kier molecular flexibility index (Phi) is 3.13. The summed E-state index contributed by atoms with van der Waals surface area (Å²) in [5.74, 6) is 0. The summed E-state index contributed by atoms with van der Waals surface area (Å²) in [6.45, 7) is 8.34. The molecule has 0 radical (unpaired) electrons. The molecule has 0 aromatic carbocycles. The molecule has 2 nitrogen and oxygen atoms in total. The van der Waals surface area contributed by atoms with Gasteiger partial charge in [-0.25, -0.2) is 0 Å². The molecule has 2 aromatic rings. The number of hydrogen-bond acceptors (Lipinski definition) is 4. The molecule has 19 heavy (non-hydrogen) atoms. The van der Waals surface area contributed by atoms with Gasteiger partial charge in [-0.1, -0.05) is 6.07 Å². The zero-order valence-corrected chi connectivity index (χ0v) is 13.2. The van der Waals surface area contributed by atoms with Crippen molar-refractivity contribution < 1.29 is 9.31 Å². The Labute approximate surface area is 122 Å². The molecule has 100 valence electrons. The minimum absolute atomic E-state index is 0.247. The van der Waals surface area contributed by atoms with Crippen LogP contribution in [0.3, 0.4) is 0 Å². The van der Waals surface area contributed by atoms with E-state index in [4.69, 9.17) is 9.31 Å². The molecular weight excluding hydrogens is 275 g/mol. The number of hydrogen-bond donors (Lipinski definition) is 0. The van der Waals surface area contributed by atoms with Crippen LogP contribution in [0.4, 0.5) is 0 Å². The molecule has 0 spiro atoms. The largest absolute Gasteiger partial charge is 0.505 e. The number of thiophene rings is 2. The van der Waals surface area contributed by atoms with Crippen LogP contribution < -0.4 is 4.78 Å². The second-order valence-electron chi connectivity index (χ2n) is 5.80. The van der Waals surface area contributed by atoms with Crippen LogP contribution in [-0.2, 0) is 9.31 Å². The predicted octanol–water partition coefficient (Wildman–Crippen LogP) is 3.78. The summed E-state index contributed by atoms with van der Waals surface area (Å²) in [6, 6.07) is 6.39. The maximum absolute atomic E-state index is 6.07. The van der Waals surface area contributed by atoms with Crippen LogP contribution in [0, 0.1) is 0 Å². The molecule has 1 aliphatic rings. The molecule has 0 unspecified atom stereocenters. The third-order valence-corrected chi connectivity index (χ3v) is 5.78. The molecule has 2 aromatic heterocycles. The molecule has 1 aliphatic heterocycles. The van der Waals surface area contributed by atoms with Crippen molar-refractivity contribution in [1.29, 1.82) is 0 Å². The van der Waals surface area contributed by atoms with Gasteiger partial charge < -0.3 is 9.31 Å². The Morgan fingerprint density at radius 1 is 1.05 bits per heavy atom. The van der Waals surface area contributed by atoms with Crippen LogP contribution in [0.1, 0.15) is 27.7 Å². The zero-order chi connectivity index (χ0) is 13.7. The fraction of sp³-hybridized carbons (Fsp3) is 0.429. The third-order valence-electron chi connectivity index (χ3n) is 3.91. The molecule has 0 atom stereocenters. The molecule has 1 fully saturated rings. The average Bonchev–Trinajstić information content (AvgIpc) is 3.00. The van der Waals surface area contributed by atoms with E-state index in [2.05, 4.69) is 56.7 Å². The zero-order valence-electron chi connectivity index (χ0n) is 11.6. The summed E-state index contributed by atoms with van der Waals surface area (Å²) in [4.78, 5) is 1.29. The lowest BCUT2D eigenvalue weighted by Gasteiger charge is -2.32. The lowest BCUT2D eigenvalue weighted by molar-refractivity contribution is 0.00578. The summed E-state index contributed by atoms with van der Waals surface area (Å²) in [6.07, 6.45) is 0. The van der Waals surface area contributed by atoms with Crippen molar-refractivity contribution in [1.82, 2.24) is 0 Å². The van der Waals surface area contributed by atoms with Crippen molar-refractivity contribution >= 4 is 34.6 Å². The molecule has 0 bridgehead atoms. The number of rotatable bonds is 2. The van der Waals surface area contributed by atoms with E-state index in [1.54, 1.807) is 22.7 Å². The van der Waals surface area contributed by atoms with E-state index < -0.39 is 0 Å². The molecule has 3 heterocycles. The first-order valence-electron chi connectivity index (χ1n) is 6.37. The van der Waals surface area contributed by atoms with Crippen LogP contribution in [0.15, 0.2) is 29.0 Å². The van der Waals surface area contributed by atoms with Crippen molar-refractivity contribution in [3.05, 3.63) is 29.0 Å². The Hall–Kier alpha value is -0.615. The van der Waals surface area contributed by atoms with E-state index in [-0.39, 0.29) is 18.3 Å². The Morgan fingerprint density at radius 3 is 2.32 bits per heavy atom. The van der Waals surface area contributed by atoms with Crippen molar-refractivity contribution in [2.24, 2.45) is 0 Å². The minimum atomic E-state index is -0.273. The normalized spacial score (nSPS) is 20.9. The highest BCUT2D eigenvalue weighted by Gasteiger charge is 2.52. The monoisotopic (exact) mass is 292 g/mol. The van der Waals surface area contributed by atoms with Gasteiger partial charge in [0, 0.05) is 15.2 Å². The van der Waals surface area contributed by atoms with E-state index >= 15 is 0 Å². The Bertz CT molecular complexity index is 556. The van der Waals surface area contributed by atoms with Gasteiger partial charge in [0.25, 0.3) is 0 Å². The lowest BCUT2D eigenvalue weighted by Crippen LogP contribution is -2.41. The highest BCUT2D eigenvalue weighted by atomic mass is 32.1. The SMILES string of the molecule is CC1(C)OB(c2cc(-c3cccs3)cs2)OC1(C)C. The molecule has 0 amide bonds. The van der Waals surface area contributed by atoms with Crippen molar-refractivity contribution in [2.45, 2.75) is 38.9 Å². The predicted molar refractivity (Wildman–Crippen MR) is 83.3 cm³/mol. The lowest BCUT2D eigenvalue weighted by atomic mass is 9.87. The Morgan fingerprint density at radius 2 is 1.74 bits per heavy atom. The molecule has 3 rings (SSSR count). The highest BCUT2D eigenvalue weighted by Crippen LogP contribution is 2.37. The van der Waals surface area contributed by atoms with Gasteiger partial charge in [-0.2, -0.15) is 11.3 Å². The maximum atomic E-state index is 6.07. The third kappa shape index (κ3) is 2.29. The molecule has 0 N–H and O–H groups in total. The van der Waals surface area contributed by atoms with Gasteiger partial charge in [-0.3, -0.25) is 0 Å². The van der Waals surface area contributed by atoms with Gasteiger partial charge in [-0.05, 0) is 50.6 Å². The van der Waals surface area contributed by atoms with Crippen LogP contribution in [0.25, 0.3) is 10.4 Å². The maximum Gasteiger partial charge on any atom is 0.505 e.